The Morgan fingerprint density at radius 1 is 1.09 bits per heavy atom. The zero-order chi connectivity index (χ0) is 24.0. The van der Waals surface area contributed by atoms with Gasteiger partial charge in [-0.1, -0.05) is 0 Å². The van der Waals surface area contributed by atoms with Crippen molar-refractivity contribution in [3.8, 4) is 5.75 Å². The van der Waals surface area contributed by atoms with Gasteiger partial charge in [0.15, 0.2) is 0 Å². The molecule has 10 heteroatoms. The SMILES string of the molecule is CC(C)(C)OC(=O)N1CCN(CCn2c3cnccc3c3c(C(F)(F)F)cc(O)cc32)CC1. The number of aromatic hydroxyl groups is 1. The Hall–Kier alpha value is -3.01. The molecule has 0 atom stereocenters. The molecule has 0 saturated carbocycles. The molecule has 0 radical (unpaired) electrons. The van der Waals surface area contributed by atoms with Crippen LogP contribution in [0.1, 0.15) is 26.3 Å². The fourth-order valence-corrected chi connectivity index (χ4v) is 4.24. The molecule has 1 N–H and O–H groups in total. The molecular formula is C23H27F3N4O3. The zero-order valence-corrected chi connectivity index (χ0v) is 18.8. The quantitative estimate of drug-likeness (QED) is 0.620. The number of nitrogens with zero attached hydrogens (tertiary/aromatic N) is 4. The molecule has 1 aliphatic heterocycles. The van der Waals surface area contributed by atoms with E-state index in [0.29, 0.717) is 55.7 Å². The van der Waals surface area contributed by atoms with Crippen LogP contribution in [-0.2, 0) is 17.5 Å². The van der Waals surface area contributed by atoms with Crippen molar-refractivity contribution in [2.24, 2.45) is 0 Å². The van der Waals surface area contributed by atoms with Crippen LogP contribution in [0.5, 0.6) is 5.75 Å². The van der Waals surface area contributed by atoms with Crippen LogP contribution in [0.4, 0.5) is 18.0 Å². The smallest absolute Gasteiger partial charge is 0.417 e. The molecule has 3 aromatic rings. The van der Waals surface area contributed by atoms with Crippen molar-refractivity contribution in [3.05, 3.63) is 36.2 Å². The third-order valence-corrected chi connectivity index (χ3v) is 5.72. The molecule has 0 aliphatic carbocycles. The molecule has 2 aromatic heterocycles. The molecule has 0 unspecified atom stereocenters. The number of carbonyl (C=O) groups is 1. The maximum absolute atomic E-state index is 13.7. The summed E-state index contributed by atoms with van der Waals surface area (Å²) >= 11 is 0. The van der Waals surface area contributed by atoms with Gasteiger partial charge in [-0.05, 0) is 32.9 Å². The maximum atomic E-state index is 13.7. The first kappa shape index (κ1) is 23.2. The number of hydrogen-bond acceptors (Lipinski definition) is 5. The lowest BCUT2D eigenvalue weighted by molar-refractivity contribution is -0.136. The summed E-state index contributed by atoms with van der Waals surface area (Å²) in [6.45, 7) is 8.76. The van der Waals surface area contributed by atoms with Crippen molar-refractivity contribution in [1.29, 1.82) is 0 Å². The van der Waals surface area contributed by atoms with Crippen LogP contribution in [0, 0.1) is 0 Å². The highest BCUT2D eigenvalue weighted by Crippen LogP contribution is 2.41. The third-order valence-electron chi connectivity index (χ3n) is 5.72. The third kappa shape index (κ3) is 4.85. The van der Waals surface area contributed by atoms with Crippen molar-refractivity contribution in [2.45, 2.75) is 39.1 Å². The van der Waals surface area contributed by atoms with Crippen molar-refractivity contribution >= 4 is 27.9 Å². The summed E-state index contributed by atoms with van der Waals surface area (Å²) < 4.78 is 48.4. The number of alkyl halides is 3. The van der Waals surface area contributed by atoms with E-state index in [2.05, 4.69) is 9.88 Å². The van der Waals surface area contributed by atoms with Crippen LogP contribution >= 0.6 is 0 Å². The molecule has 4 rings (SSSR count). The Morgan fingerprint density at radius 3 is 2.42 bits per heavy atom. The molecule has 1 saturated heterocycles. The van der Waals surface area contributed by atoms with Gasteiger partial charge in [-0.2, -0.15) is 13.2 Å². The van der Waals surface area contributed by atoms with Gasteiger partial charge in [0.1, 0.15) is 11.4 Å². The first-order valence-corrected chi connectivity index (χ1v) is 10.8. The molecule has 0 spiro atoms. The molecule has 7 nitrogen and oxygen atoms in total. The van der Waals surface area contributed by atoms with Gasteiger partial charge in [-0.3, -0.25) is 9.88 Å². The Labute approximate surface area is 189 Å². The minimum absolute atomic E-state index is 0.0624. The number of piperazine rings is 1. The van der Waals surface area contributed by atoms with Crippen LogP contribution in [0.25, 0.3) is 21.8 Å². The van der Waals surface area contributed by atoms with Crippen molar-refractivity contribution < 1.29 is 27.8 Å². The van der Waals surface area contributed by atoms with Gasteiger partial charge in [-0.15, -0.1) is 0 Å². The fourth-order valence-electron chi connectivity index (χ4n) is 4.24. The molecule has 1 amide bonds. The molecule has 1 fully saturated rings. The normalized spacial score (nSPS) is 16.0. The lowest BCUT2D eigenvalue weighted by atomic mass is 10.1. The first-order valence-electron chi connectivity index (χ1n) is 10.8. The lowest BCUT2D eigenvalue weighted by Gasteiger charge is -2.35. The van der Waals surface area contributed by atoms with Gasteiger partial charge >= 0.3 is 12.3 Å². The monoisotopic (exact) mass is 464 g/mol. The van der Waals surface area contributed by atoms with Gasteiger partial charge in [0.05, 0.1) is 22.8 Å². The van der Waals surface area contributed by atoms with E-state index >= 15 is 0 Å². The summed E-state index contributed by atoms with van der Waals surface area (Å²) in [4.78, 5) is 20.2. The first-order chi connectivity index (χ1) is 15.4. The lowest BCUT2D eigenvalue weighted by Crippen LogP contribution is -2.50. The zero-order valence-electron chi connectivity index (χ0n) is 18.8. The summed E-state index contributed by atoms with van der Waals surface area (Å²) in [6, 6.07) is 3.70. The van der Waals surface area contributed by atoms with Gasteiger partial charge in [-0.25, -0.2) is 4.79 Å². The van der Waals surface area contributed by atoms with Crippen LogP contribution in [0.2, 0.25) is 0 Å². The van der Waals surface area contributed by atoms with Gasteiger partial charge in [0.25, 0.3) is 0 Å². The summed E-state index contributed by atoms with van der Waals surface area (Å²) in [5.74, 6) is -0.433. The number of amides is 1. The highest BCUT2D eigenvalue weighted by atomic mass is 19.4. The number of fused-ring (bicyclic) bond motifs is 3. The van der Waals surface area contributed by atoms with E-state index in [9.17, 15) is 23.1 Å². The average molecular weight is 464 g/mol. The van der Waals surface area contributed by atoms with Gasteiger partial charge in [0, 0.05) is 62.3 Å². The standard InChI is InChI=1S/C23H27F3N4O3/c1-22(2,3)33-21(32)29-9-6-28(7-10-29)8-11-30-18-13-15(31)12-17(23(24,25)26)20(18)16-4-5-27-14-19(16)30/h4-5,12-14,31H,6-11H2,1-3H3. The Kier molecular flexibility index (Phi) is 5.90. The number of phenols is 1. The predicted molar refractivity (Wildman–Crippen MR) is 118 cm³/mol. The molecule has 178 valence electrons. The molecule has 1 aliphatic rings. The predicted octanol–water partition coefficient (Wildman–Crippen LogP) is 4.47. The number of ether oxygens (including phenoxy) is 1. The van der Waals surface area contributed by atoms with E-state index in [4.69, 9.17) is 4.74 Å². The second kappa shape index (κ2) is 8.40. The van der Waals surface area contributed by atoms with E-state index in [1.807, 2.05) is 20.8 Å². The summed E-state index contributed by atoms with van der Waals surface area (Å²) in [7, 11) is 0. The highest BCUT2D eigenvalue weighted by Gasteiger charge is 2.35. The van der Waals surface area contributed by atoms with Crippen LogP contribution in [-0.4, -0.2) is 68.9 Å². The van der Waals surface area contributed by atoms with E-state index in [0.717, 1.165) is 6.07 Å². The Morgan fingerprint density at radius 2 is 1.79 bits per heavy atom. The molecule has 1 aromatic carbocycles. The molecule has 0 bridgehead atoms. The number of pyridine rings is 1. The average Bonchev–Trinajstić information content (AvgIpc) is 3.03. The van der Waals surface area contributed by atoms with Crippen molar-refractivity contribution in [3.63, 3.8) is 0 Å². The second-order valence-electron chi connectivity index (χ2n) is 9.24. The molecular weight excluding hydrogens is 437 g/mol. The van der Waals surface area contributed by atoms with Crippen LogP contribution in [0.3, 0.4) is 0 Å². The second-order valence-corrected chi connectivity index (χ2v) is 9.24. The number of carbonyl (C=O) groups excluding carboxylic acids is 1. The summed E-state index contributed by atoms with van der Waals surface area (Å²) in [5.41, 5.74) is -0.522. The topological polar surface area (TPSA) is 70.8 Å². The van der Waals surface area contributed by atoms with Gasteiger partial charge < -0.3 is 19.3 Å². The fraction of sp³-hybridized carbons (Fsp3) is 0.478. The van der Waals surface area contributed by atoms with E-state index in [1.54, 1.807) is 21.7 Å². The molecule has 3 heterocycles. The number of hydrogen-bond donors (Lipinski definition) is 1. The minimum atomic E-state index is -4.60. The number of rotatable bonds is 3. The summed E-state index contributed by atoms with van der Waals surface area (Å²) in [6.07, 6.45) is -1.93. The summed E-state index contributed by atoms with van der Waals surface area (Å²) in [5, 5.41) is 10.5. The van der Waals surface area contributed by atoms with Crippen molar-refractivity contribution in [2.75, 3.05) is 32.7 Å². The van der Waals surface area contributed by atoms with E-state index in [-0.39, 0.29) is 11.5 Å². The minimum Gasteiger partial charge on any atom is -0.508 e. The Bertz CT molecular complexity index is 1180. The highest BCUT2D eigenvalue weighted by molar-refractivity contribution is 6.10. The van der Waals surface area contributed by atoms with Crippen LogP contribution < -0.4 is 0 Å². The largest absolute Gasteiger partial charge is 0.508 e. The van der Waals surface area contributed by atoms with Gasteiger partial charge in [0.2, 0.25) is 0 Å². The number of aromatic nitrogens is 2. The maximum Gasteiger partial charge on any atom is 0.417 e. The number of halogens is 3. The number of phenolic OH excluding ortho intramolecular Hbond substituents is 1. The molecule has 33 heavy (non-hydrogen) atoms. The van der Waals surface area contributed by atoms with Crippen LogP contribution in [0.15, 0.2) is 30.6 Å². The number of benzene rings is 1. The van der Waals surface area contributed by atoms with E-state index < -0.39 is 23.1 Å². The Balaban J connectivity index is 1.55. The van der Waals surface area contributed by atoms with Crippen molar-refractivity contribution in [1.82, 2.24) is 19.4 Å². The van der Waals surface area contributed by atoms with E-state index in [1.165, 1.54) is 12.3 Å².